The van der Waals surface area contributed by atoms with E-state index < -0.39 is 17.8 Å². The molecule has 6 nitrogen and oxygen atoms in total. The molecule has 0 spiro atoms. The summed E-state index contributed by atoms with van der Waals surface area (Å²) in [6, 6.07) is 13.4. The first-order valence-corrected chi connectivity index (χ1v) is 7.75. The molecule has 0 aliphatic carbocycles. The maximum absolute atomic E-state index is 11.7. The largest absolute Gasteiger partial charge is 0.489 e. The van der Waals surface area contributed by atoms with Crippen LogP contribution in [0.2, 0.25) is 5.02 Å². The van der Waals surface area contributed by atoms with Crippen molar-refractivity contribution in [2.75, 3.05) is 0 Å². The van der Waals surface area contributed by atoms with Crippen molar-refractivity contribution in [1.29, 1.82) is 0 Å². The van der Waals surface area contributed by atoms with E-state index >= 15 is 0 Å². The molecule has 126 valence electrons. The number of carbonyl (C=O) groups excluding carboxylic acids is 3. The Balaban J connectivity index is 1.66. The van der Waals surface area contributed by atoms with Crippen molar-refractivity contribution in [3.05, 3.63) is 70.3 Å². The average Bonchev–Trinajstić information content (AvgIpc) is 2.59. The number of rotatable bonds is 4. The molecule has 1 saturated heterocycles. The maximum Gasteiger partial charge on any atom is 0.328 e. The van der Waals surface area contributed by atoms with Crippen molar-refractivity contribution in [3.63, 3.8) is 0 Å². The number of urea groups is 1. The van der Waals surface area contributed by atoms with Crippen molar-refractivity contribution >= 4 is 35.5 Å². The van der Waals surface area contributed by atoms with Crippen LogP contribution >= 0.6 is 11.6 Å². The summed E-state index contributed by atoms with van der Waals surface area (Å²) in [6.07, 6.45) is 1.40. The van der Waals surface area contributed by atoms with E-state index in [1.807, 2.05) is 22.8 Å². The second kappa shape index (κ2) is 7.19. The smallest absolute Gasteiger partial charge is 0.328 e. The topological polar surface area (TPSA) is 84.5 Å². The molecule has 0 unspecified atom stereocenters. The molecule has 7 heteroatoms. The van der Waals surface area contributed by atoms with E-state index in [1.54, 1.807) is 36.4 Å². The molecule has 0 saturated carbocycles. The number of carbonyl (C=O) groups is 3. The van der Waals surface area contributed by atoms with Crippen molar-refractivity contribution < 1.29 is 19.1 Å². The van der Waals surface area contributed by atoms with Gasteiger partial charge in [-0.25, -0.2) is 4.79 Å². The zero-order valence-corrected chi connectivity index (χ0v) is 13.7. The molecule has 2 N–H and O–H groups in total. The minimum Gasteiger partial charge on any atom is -0.489 e. The van der Waals surface area contributed by atoms with E-state index in [9.17, 15) is 14.4 Å². The summed E-state index contributed by atoms with van der Waals surface area (Å²) in [6.45, 7) is 0.393. The lowest BCUT2D eigenvalue weighted by Gasteiger charge is -2.14. The van der Waals surface area contributed by atoms with Gasteiger partial charge in [-0.05, 0) is 41.5 Å². The molecule has 0 atom stereocenters. The molecule has 0 radical (unpaired) electrons. The lowest BCUT2D eigenvalue weighted by atomic mass is 10.1. The quantitative estimate of drug-likeness (QED) is 0.651. The van der Waals surface area contributed by atoms with Crippen LogP contribution in [0.1, 0.15) is 11.1 Å². The van der Waals surface area contributed by atoms with Crippen LogP contribution in [0.4, 0.5) is 4.79 Å². The molecule has 2 aromatic carbocycles. The number of imide groups is 2. The van der Waals surface area contributed by atoms with Gasteiger partial charge in [-0.15, -0.1) is 0 Å². The fraction of sp³-hybridized carbons (Fsp3) is 0.0556. The van der Waals surface area contributed by atoms with Crippen LogP contribution in [0, 0.1) is 0 Å². The van der Waals surface area contributed by atoms with Crippen LogP contribution in [0.5, 0.6) is 5.75 Å². The summed E-state index contributed by atoms with van der Waals surface area (Å²) < 4.78 is 5.67. The van der Waals surface area contributed by atoms with Gasteiger partial charge >= 0.3 is 6.03 Å². The highest BCUT2D eigenvalue weighted by Gasteiger charge is 2.27. The number of ether oxygens (including phenoxy) is 1. The Bertz CT molecular complexity index is 836. The van der Waals surface area contributed by atoms with Crippen molar-refractivity contribution in [1.82, 2.24) is 10.6 Å². The van der Waals surface area contributed by atoms with E-state index in [4.69, 9.17) is 16.3 Å². The van der Waals surface area contributed by atoms with E-state index in [2.05, 4.69) is 0 Å². The number of halogens is 1. The second-order valence-corrected chi connectivity index (χ2v) is 5.72. The standard InChI is InChI=1S/C18H13ClN2O4/c19-13-5-1-12(2-6-13)10-25-14-7-3-11(4-8-14)9-15-16(22)20-18(24)21-17(15)23/h1-9H,10H2,(H2,20,21,22,23,24). The summed E-state index contributed by atoms with van der Waals surface area (Å²) in [5.41, 5.74) is 1.48. The van der Waals surface area contributed by atoms with E-state index in [-0.39, 0.29) is 5.57 Å². The van der Waals surface area contributed by atoms with Gasteiger partial charge in [0.15, 0.2) is 0 Å². The Morgan fingerprint density at radius 3 is 2.08 bits per heavy atom. The van der Waals surface area contributed by atoms with Gasteiger partial charge in [-0.1, -0.05) is 35.9 Å². The highest BCUT2D eigenvalue weighted by molar-refractivity contribution is 6.31. The van der Waals surface area contributed by atoms with Gasteiger partial charge in [0.05, 0.1) is 0 Å². The normalized spacial score (nSPS) is 14.0. The molecule has 1 aliphatic heterocycles. The third-order valence-electron chi connectivity index (χ3n) is 3.45. The lowest BCUT2D eigenvalue weighted by Crippen LogP contribution is -2.51. The van der Waals surface area contributed by atoms with Gasteiger partial charge < -0.3 is 4.74 Å². The summed E-state index contributed by atoms with van der Waals surface area (Å²) in [5.74, 6) is -0.807. The van der Waals surface area contributed by atoms with Crippen LogP contribution in [0.25, 0.3) is 6.08 Å². The molecule has 25 heavy (non-hydrogen) atoms. The molecule has 3 rings (SSSR count). The SMILES string of the molecule is O=C1NC(=O)C(=Cc2ccc(OCc3ccc(Cl)cc3)cc2)C(=O)N1. The Labute approximate surface area is 148 Å². The fourth-order valence-corrected chi connectivity index (χ4v) is 2.31. The highest BCUT2D eigenvalue weighted by atomic mass is 35.5. The minimum absolute atomic E-state index is 0.130. The molecule has 1 aliphatic rings. The maximum atomic E-state index is 11.7. The highest BCUT2D eigenvalue weighted by Crippen LogP contribution is 2.17. The van der Waals surface area contributed by atoms with Crippen LogP contribution in [0.15, 0.2) is 54.1 Å². The monoisotopic (exact) mass is 356 g/mol. The minimum atomic E-state index is -0.821. The molecule has 1 heterocycles. The number of barbiturate groups is 1. The van der Waals surface area contributed by atoms with E-state index in [1.165, 1.54) is 6.08 Å². The van der Waals surface area contributed by atoms with Crippen molar-refractivity contribution in [2.24, 2.45) is 0 Å². The molecule has 4 amide bonds. The number of hydrogen-bond donors (Lipinski definition) is 2. The van der Waals surface area contributed by atoms with E-state index in [0.29, 0.717) is 22.9 Å². The van der Waals surface area contributed by atoms with Crippen LogP contribution in [-0.2, 0) is 16.2 Å². The predicted octanol–water partition coefficient (Wildman–Crippen LogP) is 2.67. The summed E-state index contributed by atoms with van der Waals surface area (Å²) in [4.78, 5) is 34.4. The Morgan fingerprint density at radius 1 is 0.880 bits per heavy atom. The Hall–Kier alpha value is -3.12. The molecule has 0 aromatic heterocycles. The number of benzene rings is 2. The summed E-state index contributed by atoms with van der Waals surface area (Å²) >= 11 is 5.83. The zero-order valence-electron chi connectivity index (χ0n) is 12.9. The number of hydrogen-bond acceptors (Lipinski definition) is 4. The van der Waals surface area contributed by atoms with Crippen LogP contribution in [-0.4, -0.2) is 17.8 Å². The Kier molecular flexibility index (Phi) is 4.81. The first-order valence-electron chi connectivity index (χ1n) is 7.37. The molecular weight excluding hydrogens is 344 g/mol. The zero-order chi connectivity index (χ0) is 17.8. The van der Waals surface area contributed by atoms with Crippen molar-refractivity contribution in [3.8, 4) is 5.75 Å². The predicted molar refractivity (Wildman–Crippen MR) is 91.9 cm³/mol. The second-order valence-electron chi connectivity index (χ2n) is 5.28. The first-order chi connectivity index (χ1) is 12.0. The van der Waals surface area contributed by atoms with Gasteiger partial charge in [-0.3, -0.25) is 20.2 Å². The van der Waals surface area contributed by atoms with Gasteiger partial charge in [0, 0.05) is 5.02 Å². The third-order valence-corrected chi connectivity index (χ3v) is 3.71. The van der Waals surface area contributed by atoms with Gasteiger partial charge in [0.2, 0.25) is 0 Å². The molecule has 2 aromatic rings. The van der Waals surface area contributed by atoms with Crippen LogP contribution in [0.3, 0.4) is 0 Å². The summed E-state index contributed by atoms with van der Waals surface area (Å²) in [7, 11) is 0. The number of nitrogens with one attached hydrogen (secondary N) is 2. The molecular formula is C18H13ClN2O4. The molecule has 0 bridgehead atoms. The molecule has 1 fully saturated rings. The van der Waals surface area contributed by atoms with Crippen LogP contribution < -0.4 is 15.4 Å². The van der Waals surface area contributed by atoms with Gasteiger partial charge in [-0.2, -0.15) is 0 Å². The Morgan fingerprint density at radius 2 is 1.48 bits per heavy atom. The fourth-order valence-electron chi connectivity index (χ4n) is 2.18. The first kappa shape index (κ1) is 16.7. The van der Waals surface area contributed by atoms with Crippen molar-refractivity contribution in [2.45, 2.75) is 6.61 Å². The lowest BCUT2D eigenvalue weighted by molar-refractivity contribution is -0.123. The number of amides is 4. The van der Waals surface area contributed by atoms with E-state index in [0.717, 1.165) is 5.56 Å². The third kappa shape index (κ3) is 4.24. The average molecular weight is 357 g/mol. The summed E-state index contributed by atoms with van der Waals surface area (Å²) in [5, 5.41) is 4.71. The van der Waals surface area contributed by atoms with Gasteiger partial charge in [0.25, 0.3) is 11.8 Å². The van der Waals surface area contributed by atoms with Gasteiger partial charge in [0.1, 0.15) is 17.9 Å².